The monoisotopic (exact) mass is 633 g/mol. The molecule has 0 unspecified atom stereocenters. The van der Waals surface area contributed by atoms with Gasteiger partial charge >= 0.3 is 0 Å². The molecule has 0 aliphatic heterocycles. The summed E-state index contributed by atoms with van der Waals surface area (Å²) in [4.78, 5) is 2.50. The lowest BCUT2D eigenvalue weighted by Crippen LogP contribution is -2.23. The lowest BCUT2D eigenvalue weighted by molar-refractivity contribution is 0.490. The molecule has 7 aromatic rings. The number of hydrogen-bond acceptors (Lipinski definition) is 1. The Morgan fingerprint density at radius 1 is 0.347 bits per heavy atom. The molecule has 0 radical (unpaired) electrons. The van der Waals surface area contributed by atoms with Crippen LogP contribution in [0.25, 0.3) is 43.8 Å². The van der Waals surface area contributed by atoms with Gasteiger partial charge in [-0.2, -0.15) is 0 Å². The van der Waals surface area contributed by atoms with Gasteiger partial charge in [0.1, 0.15) is 0 Å². The number of hydrogen-bond donors (Lipinski definition) is 0. The van der Waals surface area contributed by atoms with E-state index in [1.54, 1.807) is 0 Å². The van der Waals surface area contributed by atoms with Gasteiger partial charge in [-0.1, -0.05) is 119 Å². The first-order chi connectivity index (χ1) is 24.0. The minimum Gasteiger partial charge on any atom is -0.310 e. The molecular weight excluding hydrogens is 591 g/mol. The minimum atomic E-state index is 0.0107. The third-order valence-electron chi connectivity index (χ3n) is 12.4. The topological polar surface area (TPSA) is 3.24 Å². The average Bonchev–Trinajstić information content (AvgIpc) is 3.60. The van der Waals surface area contributed by atoms with Crippen LogP contribution in [-0.4, -0.2) is 0 Å². The van der Waals surface area contributed by atoms with Gasteiger partial charge in [-0.15, -0.1) is 0 Å². The summed E-state index contributed by atoms with van der Waals surface area (Å²) in [6.45, 7) is 9.45. The molecule has 2 aliphatic carbocycles. The van der Waals surface area contributed by atoms with E-state index in [1.165, 1.54) is 83.1 Å². The van der Waals surface area contributed by atoms with Crippen LogP contribution >= 0.6 is 0 Å². The molecule has 9 rings (SSSR count). The fourth-order valence-corrected chi connectivity index (χ4v) is 9.68. The second-order valence-electron chi connectivity index (χ2n) is 14.2. The van der Waals surface area contributed by atoms with Crippen molar-refractivity contribution in [1.29, 1.82) is 0 Å². The lowest BCUT2D eigenvalue weighted by atomic mass is 9.73. The van der Waals surface area contributed by atoms with E-state index in [1.807, 2.05) is 0 Å². The predicted octanol–water partition coefficient (Wildman–Crippen LogP) is 13.6. The molecule has 2 aliphatic rings. The molecule has 0 atom stereocenters. The molecule has 0 spiro atoms. The fourth-order valence-electron chi connectivity index (χ4n) is 9.68. The van der Waals surface area contributed by atoms with Crippen molar-refractivity contribution in [3.63, 3.8) is 0 Å². The van der Waals surface area contributed by atoms with Crippen LogP contribution in [-0.2, 0) is 10.8 Å². The van der Waals surface area contributed by atoms with E-state index in [0.717, 1.165) is 25.7 Å². The first kappa shape index (κ1) is 30.0. The van der Waals surface area contributed by atoms with E-state index in [0.29, 0.717) is 0 Å². The summed E-state index contributed by atoms with van der Waals surface area (Å²) in [5.41, 5.74) is 15.0. The Morgan fingerprint density at radius 2 is 0.816 bits per heavy atom. The van der Waals surface area contributed by atoms with Gasteiger partial charge in [0.25, 0.3) is 0 Å². The minimum absolute atomic E-state index is 0.0107. The third kappa shape index (κ3) is 4.18. The maximum absolute atomic E-state index is 2.51. The Bertz CT molecular complexity index is 2400. The smallest absolute Gasteiger partial charge is 0.0468 e. The molecule has 0 aromatic heterocycles. The lowest BCUT2D eigenvalue weighted by Gasteiger charge is -2.32. The van der Waals surface area contributed by atoms with Crippen LogP contribution in [0.4, 0.5) is 17.1 Å². The maximum Gasteiger partial charge on any atom is 0.0468 e. The van der Waals surface area contributed by atoms with Gasteiger partial charge in [0.2, 0.25) is 0 Å². The number of rotatable bonds is 7. The van der Waals surface area contributed by atoms with Gasteiger partial charge in [0, 0.05) is 27.9 Å². The number of fused-ring (bicyclic) bond motifs is 8. The van der Waals surface area contributed by atoms with E-state index in [2.05, 4.69) is 172 Å². The molecule has 0 amide bonds. The highest BCUT2D eigenvalue weighted by Gasteiger charge is 2.42. The molecule has 240 valence electrons. The van der Waals surface area contributed by atoms with Crippen molar-refractivity contribution in [3.8, 4) is 22.3 Å². The van der Waals surface area contributed by atoms with Crippen LogP contribution in [0.15, 0.2) is 140 Å². The summed E-state index contributed by atoms with van der Waals surface area (Å²) in [7, 11) is 0. The van der Waals surface area contributed by atoms with Crippen LogP contribution in [0.2, 0.25) is 0 Å². The van der Waals surface area contributed by atoms with E-state index in [-0.39, 0.29) is 10.8 Å². The third-order valence-corrected chi connectivity index (χ3v) is 12.4. The Hall–Kier alpha value is -5.14. The van der Waals surface area contributed by atoms with E-state index >= 15 is 0 Å². The largest absolute Gasteiger partial charge is 0.310 e. The first-order valence-electron chi connectivity index (χ1n) is 18.3. The predicted molar refractivity (Wildman–Crippen MR) is 210 cm³/mol. The summed E-state index contributed by atoms with van der Waals surface area (Å²) >= 11 is 0. The standard InChI is InChI=1S/C48H43N/c1-5-47(6-2)43-20-14-13-19-39(43)40-25-23-38(31-46(40)47)49(36-22-21-32-15-9-10-16-33(32)27-36)37-24-26-44-42(30-37)41-28-34-17-11-12-18-35(34)29-45(41)48(44,7-3)8-4/h9-31H,5-8H2,1-4H3. The van der Waals surface area contributed by atoms with Gasteiger partial charge in [-0.3, -0.25) is 0 Å². The number of nitrogens with zero attached hydrogens (tertiary/aromatic N) is 1. The van der Waals surface area contributed by atoms with Crippen LogP contribution in [0, 0.1) is 0 Å². The fraction of sp³-hybridized carbons (Fsp3) is 0.208. The first-order valence-corrected chi connectivity index (χ1v) is 18.3. The quantitative estimate of drug-likeness (QED) is 0.169. The Kier molecular flexibility index (Phi) is 6.85. The maximum atomic E-state index is 2.51. The summed E-state index contributed by atoms with van der Waals surface area (Å²) in [6, 6.07) is 53.1. The highest BCUT2D eigenvalue weighted by atomic mass is 15.1. The van der Waals surface area contributed by atoms with Gasteiger partial charge in [-0.25, -0.2) is 0 Å². The molecule has 0 fully saturated rings. The molecule has 0 bridgehead atoms. The molecule has 0 saturated carbocycles. The number of benzene rings is 7. The molecule has 0 N–H and O–H groups in total. The van der Waals surface area contributed by atoms with Crippen molar-refractivity contribution in [2.45, 2.75) is 64.2 Å². The average molecular weight is 634 g/mol. The van der Waals surface area contributed by atoms with Crippen LogP contribution in [0.1, 0.15) is 75.6 Å². The van der Waals surface area contributed by atoms with Gasteiger partial charge < -0.3 is 4.90 Å². The zero-order valence-electron chi connectivity index (χ0n) is 29.1. The normalized spacial score (nSPS) is 14.8. The Balaban J connectivity index is 1.29. The molecule has 1 heteroatoms. The summed E-state index contributed by atoms with van der Waals surface area (Å²) in [5.74, 6) is 0. The van der Waals surface area contributed by atoms with Gasteiger partial charge in [0.15, 0.2) is 0 Å². The zero-order chi connectivity index (χ0) is 33.3. The van der Waals surface area contributed by atoms with Crippen molar-refractivity contribution >= 4 is 38.6 Å². The highest BCUT2D eigenvalue weighted by Crippen LogP contribution is 2.57. The van der Waals surface area contributed by atoms with E-state index < -0.39 is 0 Å². The zero-order valence-corrected chi connectivity index (χ0v) is 29.1. The molecule has 1 nitrogen and oxygen atoms in total. The number of anilines is 3. The van der Waals surface area contributed by atoms with E-state index in [4.69, 9.17) is 0 Å². The van der Waals surface area contributed by atoms with Crippen molar-refractivity contribution < 1.29 is 0 Å². The van der Waals surface area contributed by atoms with Crippen molar-refractivity contribution in [1.82, 2.24) is 0 Å². The molecular formula is C48H43N. The van der Waals surface area contributed by atoms with Crippen molar-refractivity contribution in [2.24, 2.45) is 0 Å². The molecule has 7 aromatic carbocycles. The SMILES string of the molecule is CCC1(CC)c2ccccc2-c2ccc(N(c3ccc4c(c3)-c3cc5ccccc5cc3C4(CC)CC)c3ccc4ccccc4c3)cc21. The summed E-state index contributed by atoms with van der Waals surface area (Å²) in [5, 5.41) is 5.15. The molecule has 0 heterocycles. The summed E-state index contributed by atoms with van der Waals surface area (Å²) < 4.78 is 0. The van der Waals surface area contributed by atoms with Crippen LogP contribution < -0.4 is 4.90 Å². The van der Waals surface area contributed by atoms with Gasteiger partial charge in [-0.05, 0) is 140 Å². The van der Waals surface area contributed by atoms with Gasteiger partial charge in [0.05, 0.1) is 0 Å². The second kappa shape index (κ2) is 11.2. The van der Waals surface area contributed by atoms with Crippen molar-refractivity contribution in [3.05, 3.63) is 162 Å². The highest BCUT2D eigenvalue weighted by molar-refractivity contribution is 5.96. The van der Waals surface area contributed by atoms with Crippen molar-refractivity contribution in [2.75, 3.05) is 4.90 Å². The Morgan fingerprint density at radius 3 is 1.53 bits per heavy atom. The van der Waals surface area contributed by atoms with E-state index in [9.17, 15) is 0 Å². The molecule has 49 heavy (non-hydrogen) atoms. The summed E-state index contributed by atoms with van der Waals surface area (Å²) in [6.07, 6.45) is 4.31. The van der Waals surface area contributed by atoms with Crippen LogP contribution in [0.3, 0.4) is 0 Å². The molecule has 0 saturated heterocycles. The second-order valence-corrected chi connectivity index (χ2v) is 14.2. The van der Waals surface area contributed by atoms with Crippen LogP contribution in [0.5, 0.6) is 0 Å². The Labute approximate surface area is 290 Å².